The van der Waals surface area contributed by atoms with Crippen LogP contribution in [0.25, 0.3) is 0 Å². The second-order valence-corrected chi connectivity index (χ2v) is 5.64. The van der Waals surface area contributed by atoms with E-state index in [1.807, 2.05) is 0 Å². The molecule has 10 nitrogen and oxygen atoms in total. The van der Waals surface area contributed by atoms with Gasteiger partial charge in [0.05, 0.1) is 4.92 Å². The molecule has 3 N–H and O–H groups in total. The first-order valence-electron chi connectivity index (χ1n) is 4.13. The summed E-state index contributed by atoms with van der Waals surface area (Å²) in [5.74, 6) is -0.320. The lowest BCUT2D eigenvalue weighted by atomic mass is 10.3. The summed E-state index contributed by atoms with van der Waals surface area (Å²) in [6.45, 7) is 0. The van der Waals surface area contributed by atoms with Crippen LogP contribution in [0.5, 0.6) is 5.75 Å². The summed E-state index contributed by atoms with van der Waals surface area (Å²) >= 11 is 0. The van der Waals surface area contributed by atoms with Gasteiger partial charge in [-0.3, -0.25) is 15.0 Å². The normalized spacial score (nSPS) is 14.8. The number of hydrogen-bond donors (Lipinski definition) is 3. The van der Waals surface area contributed by atoms with Crippen molar-refractivity contribution in [3.8, 4) is 5.75 Å². The van der Waals surface area contributed by atoms with Crippen molar-refractivity contribution in [3.05, 3.63) is 34.4 Å². The molecular formula is C6H7NO9P2. The van der Waals surface area contributed by atoms with Gasteiger partial charge in [0.15, 0.2) is 0 Å². The van der Waals surface area contributed by atoms with Crippen LogP contribution in [0.4, 0.5) is 5.69 Å². The Bertz CT molecular complexity index is 534. The first-order chi connectivity index (χ1) is 8.09. The molecule has 18 heavy (non-hydrogen) atoms. The van der Waals surface area contributed by atoms with E-state index in [2.05, 4.69) is 8.83 Å². The van der Waals surface area contributed by atoms with Gasteiger partial charge in [-0.05, 0) is 12.1 Å². The smallest absolute Gasteiger partial charge is 0.404 e. The second-order valence-electron chi connectivity index (χ2n) is 2.88. The fourth-order valence-corrected chi connectivity index (χ4v) is 2.51. The van der Waals surface area contributed by atoms with Gasteiger partial charge in [0, 0.05) is 12.1 Å². The minimum atomic E-state index is -5.20. The first-order valence-corrected chi connectivity index (χ1v) is 7.15. The lowest BCUT2D eigenvalue weighted by Gasteiger charge is -2.12. The minimum absolute atomic E-state index is 0.286. The topological polar surface area (TPSA) is 156 Å². The predicted octanol–water partition coefficient (Wildman–Crippen LogP) is 1.18. The second kappa shape index (κ2) is 5.15. The number of benzene rings is 1. The van der Waals surface area contributed by atoms with E-state index in [9.17, 15) is 19.2 Å². The fraction of sp³-hybridized carbons (Fsp3) is 0. The van der Waals surface area contributed by atoms with Crippen molar-refractivity contribution in [1.82, 2.24) is 0 Å². The maximum absolute atomic E-state index is 11.1. The Kier molecular flexibility index (Phi) is 4.23. The summed E-state index contributed by atoms with van der Waals surface area (Å²) in [5.41, 5.74) is -0.286. The quantitative estimate of drug-likeness (QED) is 0.412. The molecule has 12 heteroatoms. The number of phosphoric acid groups is 2. The van der Waals surface area contributed by atoms with Gasteiger partial charge in [-0.25, -0.2) is 9.13 Å². The van der Waals surface area contributed by atoms with Crippen molar-refractivity contribution in [1.29, 1.82) is 0 Å². The average Bonchev–Trinajstić information content (AvgIpc) is 2.13. The van der Waals surface area contributed by atoms with Crippen LogP contribution in [0.2, 0.25) is 0 Å². The summed E-state index contributed by atoms with van der Waals surface area (Å²) in [7, 11) is -10.2. The van der Waals surface area contributed by atoms with Gasteiger partial charge < -0.3 is 14.3 Å². The Morgan fingerprint density at radius 2 is 1.61 bits per heavy atom. The molecule has 0 saturated heterocycles. The van der Waals surface area contributed by atoms with Crippen molar-refractivity contribution < 1.29 is 37.6 Å². The van der Waals surface area contributed by atoms with Crippen molar-refractivity contribution in [3.63, 3.8) is 0 Å². The molecule has 0 aromatic heterocycles. The van der Waals surface area contributed by atoms with Crippen molar-refractivity contribution in [2.45, 2.75) is 0 Å². The van der Waals surface area contributed by atoms with Gasteiger partial charge in [0.2, 0.25) is 0 Å². The highest BCUT2D eigenvalue weighted by Gasteiger charge is 2.33. The highest BCUT2D eigenvalue weighted by molar-refractivity contribution is 7.60. The van der Waals surface area contributed by atoms with Crippen LogP contribution in [0.1, 0.15) is 0 Å². The first kappa shape index (κ1) is 14.8. The van der Waals surface area contributed by atoms with Crippen LogP contribution in [0.3, 0.4) is 0 Å². The molecule has 0 saturated carbocycles. The van der Waals surface area contributed by atoms with Crippen molar-refractivity contribution >= 4 is 21.3 Å². The molecule has 1 unspecified atom stereocenters. The molecule has 0 amide bonds. The largest absolute Gasteiger partial charge is 0.536 e. The van der Waals surface area contributed by atoms with Crippen LogP contribution in [0, 0.1) is 10.1 Å². The number of rotatable bonds is 5. The van der Waals surface area contributed by atoms with Crippen LogP contribution in [-0.2, 0) is 13.4 Å². The van der Waals surface area contributed by atoms with Gasteiger partial charge in [-0.2, -0.15) is 4.31 Å². The Hall–Kier alpha value is -1.28. The summed E-state index contributed by atoms with van der Waals surface area (Å²) in [5, 5.41) is 10.3. The van der Waals surface area contributed by atoms with Crippen LogP contribution in [0.15, 0.2) is 24.3 Å². The number of nitro groups is 1. The third-order valence-electron chi connectivity index (χ3n) is 1.48. The number of nitrogens with zero attached hydrogens (tertiary/aromatic N) is 1. The highest BCUT2D eigenvalue weighted by atomic mass is 31.3. The number of phosphoric ester groups is 1. The maximum Gasteiger partial charge on any atom is 0.536 e. The zero-order chi connectivity index (χ0) is 14.0. The van der Waals surface area contributed by atoms with E-state index >= 15 is 0 Å². The zero-order valence-corrected chi connectivity index (χ0v) is 10.2. The Morgan fingerprint density at radius 3 is 2.00 bits per heavy atom. The Morgan fingerprint density at radius 1 is 1.11 bits per heavy atom. The molecular weight excluding hydrogens is 292 g/mol. The molecule has 100 valence electrons. The number of non-ortho nitro benzene ring substituents is 1. The Balaban J connectivity index is 2.82. The maximum atomic E-state index is 11.1. The molecule has 1 atom stereocenters. The predicted molar refractivity (Wildman–Crippen MR) is 56.7 cm³/mol. The van der Waals surface area contributed by atoms with Crippen LogP contribution < -0.4 is 4.52 Å². The minimum Gasteiger partial charge on any atom is -0.404 e. The van der Waals surface area contributed by atoms with Crippen LogP contribution >= 0.6 is 15.6 Å². The third kappa shape index (κ3) is 4.92. The van der Waals surface area contributed by atoms with Gasteiger partial charge in [0.1, 0.15) is 5.75 Å². The SMILES string of the molecule is O=[N+]([O-])c1ccc(OP(=O)(O)OP(=O)(O)O)cc1. The van der Waals surface area contributed by atoms with Crippen molar-refractivity contribution in [2.75, 3.05) is 0 Å². The summed E-state index contributed by atoms with van der Waals surface area (Å²) < 4.78 is 29.3. The molecule has 0 bridgehead atoms. The summed E-state index contributed by atoms with van der Waals surface area (Å²) in [6, 6.07) is 3.91. The molecule has 0 aliphatic heterocycles. The molecule has 0 aliphatic rings. The summed E-state index contributed by atoms with van der Waals surface area (Å²) in [6.07, 6.45) is 0. The lowest BCUT2D eigenvalue weighted by molar-refractivity contribution is -0.384. The van der Waals surface area contributed by atoms with E-state index < -0.39 is 20.6 Å². The van der Waals surface area contributed by atoms with Crippen molar-refractivity contribution in [2.24, 2.45) is 0 Å². The van der Waals surface area contributed by atoms with Gasteiger partial charge in [-0.1, -0.05) is 0 Å². The van der Waals surface area contributed by atoms with Gasteiger partial charge >= 0.3 is 15.6 Å². The molecule has 1 rings (SSSR count). The monoisotopic (exact) mass is 299 g/mol. The van der Waals surface area contributed by atoms with E-state index in [4.69, 9.17) is 14.7 Å². The lowest BCUT2D eigenvalue weighted by Crippen LogP contribution is -1.96. The number of hydrogen-bond acceptors (Lipinski definition) is 6. The third-order valence-corrected chi connectivity index (χ3v) is 3.60. The van der Waals surface area contributed by atoms with E-state index in [0.717, 1.165) is 24.3 Å². The molecule has 0 heterocycles. The summed E-state index contributed by atoms with van der Waals surface area (Å²) in [4.78, 5) is 35.3. The molecule has 0 aliphatic carbocycles. The molecule has 1 aromatic carbocycles. The molecule has 0 spiro atoms. The molecule has 0 fully saturated rings. The average molecular weight is 299 g/mol. The standard InChI is InChI=1S/C6H7NO9P2/c8-7(9)5-1-3-6(4-2-5)15-18(13,14)16-17(10,11)12/h1-4H,(H,13,14)(H2,10,11,12). The Labute approximate surface area is 99.8 Å². The van der Waals surface area contributed by atoms with E-state index in [0.29, 0.717) is 0 Å². The number of nitro benzene ring substituents is 1. The van der Waals surface area contributed by atoms with E-state index in [1.165, 1.54) is 0 Å². The molecule has 1 aromatic rings. The highest BCUT2D eigenvalue weighted by Crippen LogP contribution is 2.57. The fourth-order valence-electron chi connectivity index (χ4n) is 0.913. The van der Waals surface area contributed by atoms with E-state index in [-0.39, 0.29) is 11.4 Å². The van der Waals surface area contributed by atoms with Gasteiger partial charge in [0.25, 0.3) is 5.69 Å². The molecule has 0 radical (unpaired) electrons. The van der Waals surface area contributed by atoms with Crippen LogP contribution in [-0.4, -0.2) is 19.6 Å². The van der Waals surface area contributed by atoms with Gasteiger partial charge in [-0.15, -0.1) is 0 Å². The van der Waals surface area contributed by atoms with E-state index in [1.54, 1.807) is 0 Å². The zero-order valence-electron chi connectivity index (χ0n) is 8.44.